The number of amides is 1. The second kappa shape index (κ2) is 9.03. The maximum Gasteiger partial charge on any atom is 0.224 e. The molecule has 0 bridgehead atoms. The van der Waals surface area contributed by atoms with E-state index in [0.29, 0.717) is 18.8 Å². The van der Waals surface area contributed by atoms with Crippen molar-refractivity contribution in [3.63, 3.8) is 0 Å². The van der Waals surface area contributed by atoms with Gasteiger partial charge in [-0.25, -0.2) is 9.97 Å². The summed E-state index contributed by atoms with van der Waals surface area (Å²) in [6.45, 7) is 2.06. The highest BCUT2D eigenvalue weighted by Gasteiger charge is 2.28. The van der Waals surface area contributed by atoms with Gasteiger partial charge in [0.2, 0.25) is 5.91 Å². The van der Waals surface area contributed by atoms with Crippen LogP contribution in [-0.4, -0.2) is 27.9 Å². The van der Waals surface area contributed by atoms with E-state index in [1.807, 2.05) is 31.3 Å². The first-order chi connectivity index (χ1) is 14.6. The Morgan fingerprint density at radius 3 is 2.73 bits per heavy atom. The van der Waals surface area contributed by atoms with E-state index in [1.54, 1.807) is 12.4 Å². The molecule has 0 aliphatic heterocycles. The van der Waals surface area contributed by atoms with Crippen LogP contribution >= 0.6 is 0 Å². The molecule has 1 aliphatic carbocycles. The highest BCUT2D eigenvalue weighted by molar-refractivity contribution is 5.79. The normalized spacial score (nSPS) is 14.2. The number of hydrogen-bond donors (Lipinski definition) is 2. The van der Waals surface area contributed by atoms with Gasteiger partial charge in [0, 0.05) is 43.5 Å². The second-order valence-corrected chi connectivity index (χ2v) is 7.90. The third-order valence-electron chi connectivity index (χ3n) is 5.28. The summed E-state index contributed by atoms with van der Waals surface area (Å²) in [4.78, 5) is 26.3. The fourth-order valence-corrected chi connectivity index (χ4v) is 3.56. The van der Waals surface area contributed by atoms with Crippen LogP contribution in [0.25, 0.3) is 0 Å². The SMILES string of the molecule is CNc1cc(C[C@@H](NC(=O)Cc2cccnc2)c2cccc(C)c2)nc(C2CC2)n1. The minimum absolute atomic E-state index is 0.0279. The molecule has 154 valence electrons. The van der Waals surface area contributed by atoms with Crippen molar-refractivity contribution in [1.82, 2.24) is 20.3 Å². The minimum Gasteiger partial charge on any atom is -0.373 e. The lowest BCUT2D eigenvalue weighted by Crippen LogP contribution is -2.31. The van der Waals surface area contributed by atoms with Crippen LogP contribution in [0.5, 0.6) is 0 Å². The lowest BCUT2D eigenvalue weighted by Gasteiger charge is -2.20. The van der Waals surface area contributed by atoms with E-state index in [4.69, 9.17) is 4.98 Å². The number of carbonyl (C=O) groups excluding carboxylic acids is 1. The molecule has 0 saturated heterocycles. The summed E-state index contributed by atoms with van der Waals surface area (Å²) in [6, 6.07) is 13.8. The van der Waals surface area contributed by atoms with Gasteiger partial charge in [-0.3, -0.25) is 9.78 Å². The largest absolute Gasteiger partial charge is 0.373 e. The van der Waals surface area contributed by atoms with Gasteiger partial charge in [0.05, 0.1) is 12.5 Å². The molecule has 6 nitrogen and oxygen atoms in total. The minimum atomic E-state index is -0.166. The van der Waals surface area contributed by atoms with E-state index >= 15 is 0 Å². The van der Waals surface area contributed by atoms with Crippen LogP contribution in [-0.2, 0) is 17.6 Å². The molecule has 0 spiro atoms. The third-order valence-corrected chi connectivity index (χ3v) is 5.28. The van der Waals surface area contributed by atoms with Gasteiger partial charge in [0.25, 0.3) is 0 Å². The summed E-state index contributed by atoms with van der Waals surface area (Å²) in [5.74, 6) is 2.17. The number of anilines is 1. The number of aromatic nitrogens is 3. The summed E-state index contributed by atoms with van der Waals surface area (Å²) in [7, 11) is 1.87. The van der Waals surface area contributed by atoms with Crippen molar-refractivity contribution < 1.29 is 4.79 Å². The molecule has 1 saturated carbocycles. The summed E-state index contributed by atoms with van der Waals surface area (Å²) in [5, 5.41) is 6.35. The average molecular weight is 402 g/mol. The van der Waals surface area contributed by atoms with Crippen molar-refractivity contribution in [3.05, 3.63) is 83.1 Å². The molecule has 1 fully saturated rings. The first kappa shape index (κ1) is 20.0. The summed E-state index contributed by atoms with van der Waals surface area (Å²) in [5.41, 5.74) is 4.07. The Hall–Kier alpha value is -3.28. The molecular weight excluding hydrogens is 374 g/mol. The second-order valence-electron chi connectivity index (χ2n) is 7.90. The molecule has 2 aromatic heterocycles. The maximum absolute atomic E-state index is 12.8. The Morgan fingerprint density at radius 1 is 1.17 bits per heavy atom. The first-order valence-electron chi connectivity index (χ1n) is 10.4. The van der Waals surface area contributed by atoms with Crippen LogP contribution in [0.15, 0.2) is 54.9 Å². The topological polar surface area (TPSA) is 79.8 Å². The molecule has 1 aromatic carbocycles. The van der Waals surface area contributed by atoms with Crippen molar-refractivity contribution >= 4 is 11.7 Å². The molecule has 1 atom stereocenters. The molecule has 1 aliphatic rings. The Bertz CT molecular complexity index is 1020. The van der Waals surface area contributed by atoms with Gasteiger partial charge in [-0.15, -0.1) is 0 Å². The van der Waals surface area contributed by atoms with Crippen LogP contribution in [0.1, 0.15) is 53.0 Å². The van der Waals surface area contributed by atoms with Crippen molar-refractivity contribution in [2.24, 2.45) is 0 Å². The van der Waals surface area contributed by atoms with E-state index in [-0.39, 0.29) is 11.9 Å². The predicted molar refractivity (Wildman–Crippen MR) is 117 cm³/mol. The van der Waals surface area contributed by atoms with Gasteiger partial charge in [0.15, 0.2) is 0 Å². The number of carbonyl (C=O) groups is 1. The molecule has 2 N–H and O–H groups in total. The number of aryl methyl sites for hydroxylation is 1. The van der Waals surface area contributed by atoms with E-state index in [0.717, 1.165) is 46.9 Å². The third kappa shape index (κ3) is 5.20. The highest BCUT2D eigenvalue weighted by atomic mass is 16.1. The van der Waals surface area contributed by atoms with Crippen molar-refractivity contribution in [1.29, 1.82) is 0 Å². The summed E-state index contributed by atoms with van der Waals surface area (Å²) < 4.78 is 0. The lowest BCUT2D eigenvalue weighted by molar-refractivity contribution is -0.121. The molecule has 0 unspecified atom stereocenters. The number of hydrogen-bond acceptors (Lipinski definition) is 5. The molecule has 1 amide bonds. The van der Waals surface area contributed by atoms with Crippen LogP contribution in [0.2, 0.25) is 0 Å². The zero-order chi connectivity index (χ0) is 20.9. The van der Waals surface area contributed by atoms with Crippen LogP contribution in [0, 0.1) is 6.92 Å². The number of pyridine rings is 1. The fraction of sp³-hybridized carbons (Fsp3) is 0.333. The summed E-state index contributed by atoms with van der Waals surface area (Å²) >= 11 is 0. The Balaban J connectivity index is 1.57. The maximum atomic E-state index is 12.8. The van der Waals surface area contributed by atoms with E-state index in [1.165, 1.54) is 0 Å². The van der Waals surface area contributed by atoms with Gasteiger partial charge in [-0.1, -0.05) is 35.9 Å². The molecule has 2 heterocycles. The Morgan fingerprint density at radius 2 is 2.03 bits per heavy atom. The molecule has 6 heteroatoms. The zero-order valence-electron chi connectivity index (χ0n) is 17.4. The van der Waals surface area contributed by atoms with Crippen LogP contribution in [0.3, 0.4) is 0 Å². The van der Waals surface area contributed by atoms with E-state index < -0.39 is 0 Å². The van der Waals surface area contributed by atoms with E-state index in [2.05, 4.69) is 45.7 Å². The van der Waals surface area contributed by atoms with Gasteiger partial charge in [0.1, 0.15) is 11.6 Å². The van der Waals surface area contributed by atoms with Crippen LogP contribution < -0.4 is 10.6 Å². The average Bonchev–Trinajstić information content (AvgIpc) is 3.59. The molecular formula is C24H27N5O. The van der Waals surface area contributed by atoms with Gasteiger partial charge >= 0.3 is 0 Å². The highest BCUT2D eigenvalue weighted by Crippen LogP contribution is 2.38. The van der Waals surface area contributed by atoms with Gasteiger partial charge in [-0.2, -0.15) is 0 Å². The number of nitrogens with one attached hydrogen (secondary N) is 2. The van der Waals surface area contributed by atoms with E-state index in [9.17, 15) is 4.79 Å². The van der Waals surface area contributed by atoms with Crippen molar-refractivity contribution in [2.45, 2.75) is 44.6 Å². The van der Waals surface area contributed by atoms with Crippen LogP contribution in [0.4, 0.5) is 5.82 Å². The number of nitrogens with zero attached hydrogens (tertiary/aromatic N) is 3. The summed E-state index contributed by atoms with van der Waals surface area (Å²) in [6.07, 6.45) is 6.65. The molecule has 30 heavy (non-hydrogen) atoms. The lowest BCUT2D eigenvalue weighted by atomic mass is 9.99. The van der Waals surface area contributed by atoms with Crippen molar-refractivity contribution in [2.75, 3.05) is 12.4 Å². The smallest absolute Gasteiger partial charge is 0.224 e. The molecule has 3 aromatic rings. The zero-order valence-corrected chi connectivity index (χ0v) is 17.4. The van der Waals surface area contributed by atoms with Gasteiger partial charge in [-0.05, 0) is 37.0 Å². The Labute approximate surface area is 177 Å². The fourth-order valence-electron chi connectivity index (χ4n) is 3.56. The number of benzene rings is 1. The predicted octanol–water partition coefficient (Wildman–Crippen LogP) is 3.74. The number of rotatable bonds is 8. The van der Waals surface area contributed by atoms with Crippen molar-refractivity contribution in [3.8, 4) is 0 Å². The van der Waals surface area contributed by atoms with Gasteiger partial charge < -0.3 is 10.6 Å². The molecule has 4 rings (SSSR count). The standard InChI is InChI=1S/C24H27N5O/c1-16-5-3-7-19(11-16)21(28-23(30)12-17-6-4-10-26-15-17)13-20-14-22(25-2)29-24(27-20)18-8-9-18/h3-7,10-11,14-15,18,21H,8-9,12-13H2,1-2H3,(H,28,30)(H,25,27,29)/t21-/m1/s1. The quantitative estimate of drug-likeness (QED) is 0.601. The Kier molecular flexibility index (Phi) is 6.02. The molecule has 0 radical (unpaired) electrons. The monoisotopic (exact) mass is 401 g/mol. The first-order valence-corrected chi connectivity index (χ1v) is 10.4.